The average Bonchev–Trinajstić information content (AvgIpc) is 2.73. The van der Waals surface area contributed by atoms with Crippen LogP contribution in [0.3, 0.4) is 0 Å². The highest BCUT2D eigenvalue weighted by atomic mass is 35.5. The molecule has 114 valence electrons. The van der Waals surface area contributed by atoms with Crippen LogP contribution in [0.15, 0.2) is 18.2 Å². The van der Waals surface area contributed by atoms with Crippen molar-refractivity contribution in [1.29, 1.82) is 0 Å². The van der Waals surface area contributed by atoms with Crippen LogP contribution in [0.25, 0.3) is 0 Å². The van der Waals surface area contributed by atoms with E-state index in [1.165, 1.54) is 11.1 Å². The number of nitrogens with one attached hydrogen (secondary N) is 1. The molecule has 0 atom stereocenters. The van der Waals surface area contributed by atoms with E-state index in [9.17, 15) is 4.79 Å². The minimum absolute atomic E-state index is 0. The number of nitrogens with two attached hydrogens (primary N) is 1. The maximum Gasteiger partial charge on any atom is 0.225 e. The van der Waals surface area contributed by atoms with Crippen molar-refractivity contribution in [2.75, 3.05) is 18.4 Å². The van der Waals surface area contributed by atoms with Gasteiger partial charge in [-0.1, -0.05) is 19.1 Å². The predicted octanol–water partition coefficient (Wildman–Crippen LogP) is 2.54. The quantitative estimate of drug-likeness (QED) is 0.876. The fourth-order valence-corrected chi connectivity index (χ4v) is 2.43. The number of hydrogen-bond acceptors (Lipinski definition) is 3. The highest BCUT2D eigenvalue weighted by Gasteiger charge is 2.21. The van der Waals surface area contributed by atoms with Gasteiger partial charge >= 0.3 is 0 Å². The van der Waals surface area contributed by atoms with Crippen molar-refractivity contribution in [2.24, 2.45) is 5.73 Å². The number of hydrogen-bond donors (Lipinski definition) is 2. The van der Waals surface area contributed by atoms with Crippen LogP contribution in [0, 0.1) is 0 Å². The molecule has 4 nitrogen and oxygen atoms in total. The molecule has 0 unspecified atom stereocenters. The Bertz CT molecular complexity index is 440. The Morgan fingerprint density at radius 2 is 2.10 bits per heavy atom. The van der Waals surface area contributed by atoms with E-state index in [0.29, 0.717) is 13.0 Å². The molecule has 1 aliphatic rings. The van der Waals surface area contributed by atoms with Crippen molar-refractivity contribution in [3.05, 3.63) is 29.3 Å². The molecule has 6 heteroatoms. The van der Waals surface area contributed by atoms with Gasteiger partial charge < -0.3 is 11.1 Å². The molecular weight excluding hydrogens is 297 g/mol. The second kappa shape index (κ2) is 9.19. The standard InChI is InChI=1S/C14H21N3O.2ClH/c1-2-8-17-9-11-4-3-5-13(12(11)10-17)16-14(18)6-7-15;;/h3-5H,2,6-10,15H2,1H3,(H,16,18);2*1H. The van der Waals surface area contributed by atoms with Crippen LogP contribution in [0.5, 0.6) is 0 Å². The minimum Gasteiger partial charge on any atom is -0.330 e. The SMILES string of the molecule is CCCN1Cc2cccc(NC(=O)CCN)c2C1.Cl.Cl. The summed E-state index contributed by atoms with van der Waals surface area (Å²) in [4.78, 5) is 14.0. The van der Waals surface area contributed by atoms with E-state index < -0.39 is 0 Å². The fourth-order valence-electron chi connectivity index (χ4n) is 2.43. The van der Waals surface area contributed by atoms with E-state index in [1.807, 2.05) is 12.1 Å². The van der Waals surface area contributed by atoms with Crippen molar-refractivity contribution in [2.45, 2.75) is 32.9 Å². The molecule has 0 bridgehead atoms. The summed E-state index contributed by atoms with van der Waals surface area (Å²) >= 11 is 0. The maximum atomic E-state index is 11.6. The first-order valence-electron chi connectivity index (χ1n) is 6.57. The summed E-state index contributed by atoms with van der Waals surface area (Å²) in [6, 6.07) is 6.12. The molecule has 0 radical (unpaired) electrons. The zero-order valence-electron chi connectivity index (χ0n) is 11.7. The number of nitrogens with zero attached hydrogens (tertiary/aromatic N) is 1. The average molecular weight is 320 g/mol. The Kier molecular flexibility index (Phi) is 8.81. The molecule has 3 N–H and O–H groups in total. The summed E-state index contributed by atoms with van der Waals surface area (Å²) in [6.45, 7) is 5.60. The summed E-state index contributed by atoms with van der Waals surface area (Å²) in [5, 5.41) is 2.96. The van der Waals surface area contributed by atoms with Crippen LogP contribution in [0.2, 0.25) is 0 Å². The third-order valence-electron chi connectivity index (χ3n) is 3.23. The summed E-state index contributed by atoms with van der Waals surface area (Å²) in [7, 11) is 0. The van der Waals surface area contributed by atoms with E-state index in [-0.39, 0.29) is 30.7 Å². The van der Waals surface area contributed by atoms with Gasteiger partial charge in [0.1, 0.15) is 0 Å². The lowest BCUT2D eigenvalue weighted by atomic mass is 10.1. The molecule has 1 aliphatic heterocycles. The number of carbonyl (C=O) groups is 1. The molecule has 0 fully saturated rings. The van der Waals surface area contributed by atoms with Crippen LogP contribution in [0.4, 0.5) is 5.69 Å². The lowest BCUT2D eigenvalue weighted by Crippen LogP contribution is -2.18. The maximum absolute atomic E-state index is 11.6. The van der Waals surface area contributed by atoms with Gasteiger partial charge in [0, 0.05) is 31.7 Å². The summed E-state index contributed by atoms with van der Waals surface area (Å²) < 4.78 is 0. The van der Waals surface area contributed by atoms with Gasteiger partial charge in [0.25, 0.3) is 0 Å². The number of carbonyl (C=O) groups excluding carboxylic acids is 1. The molecule has 0 aliphatic carbocycles. The molecule has 0 aromatic heterocycles. The van der Waals surface area contributed by atoms with Crippen molar-refractivity contribution in [3.63, 3.8) is 0 Å². The topological polar surface area (TPSA) is 58.4 Å². The zero-order chi connectivity index (χ0) is 13.0. The minimum atomic E-state index is -0.000147. The molecule has 20 heavy (non-hydrogen) atoms. The Balaban J connectivity index is 0.00000180. The predicted molar refractivity (Wildman–Crippen MR) is 87.6 cm³/mol. The van der Waals surface area contributed by atoms with Gasteiger partial charge in [-0.3, -0.25) is 9.69 Å². The Hall–Kier alpha value is -0.810. The van der Waals surface area contributed by atoms with Crippen LogP contribution in [-0.2, 0) is 17.9 Å². The number of anilines is 1. The van der Waals surface area contributed by atoms with E-state index in [2.05, 4.69) is 23.2 Å². The molecule has 0 spiro atoms. The molecule has 0 saturated heterocycles. The van der Waals surface area contributed by atoms with Crippen LogP contribution < -0.4 is 11.1 Å². The largest absolute Gasteiger partial charge is 0.330 e. The number of benzene rings is 1. The third-order valence-corrected chi connectivity index (χ3v) is 3.23. The highest BCUT2D eigenvalue weighted by Crippen LogP contribution is 2.29. The number of amides is 1. The Morgan fingerprint density at radius 1 is 1.35 bits per heavy atom. The zero-order valence-corrected chi connectivity index (χ0v) is 13.4. The third kappa shape index (κ3) is 4.63. The number of halogens is 2. The first kappa shape index (κ1) is 19.2. The van der Waals surface area contributed by atoms with Crippen molar-refractivity contribution < 1.29 is 4.79 Å². The molecule has 1 heterocycles. The summed E-state index contributed by atoms with van der Waals surface area (Å²) in [5.74, 6) is -0.000147. The van der Waals surface area contributed by atoms with Gasteiger partial charge in [-0.25, -0.2) is 0 Å². The van der Waals surface area contributed by atoms with Gasteiger partial charge in [-0.2, -0.15) is 0 Å². The Morgan fingerprint density at radius 3 is 2.75 bits per heavy atom. The second-order valence-electron chi connectivity index (χ2n) is 4.74. The normalized spacial score (nSPS) is 13.1. The van der Waals surface area contributed by atoms with Crippen LogP contribution in [0.1, 0.15) is 30.9 Å². The molecular formula is C14H23Cl2N3O. The molecule has 1 aromatic rings. The lowest BCUT2D eigenvalue weighted by molar-refractivity contribution is -0.116. The lowest BCUT2D eigenvalue weighted by Gasteiger charge is -2.13. The smallest absolute Gasteiger partial charge is 0.225 e. The highest BCUT2D eigenvalue weighted by molar-refractivity contribution is 5.91. The van der Waals surface area contributed by atoms with Crippen molar-refractivity contribution >= 4 is 36.4 Å². The molecule has 1 aromatic carbocycles. The molecule has 2 rings (SSSR count). The van der Waals surface area contributed by atoms with Gasteiger partial charge in [0.15, 0.2) is 0 Å². The number of fused-ring (bicyclic) bond motifs is 1. The molecule has 1 amide bonds. The fraction of sp³-hybridized carbons (Fsp3) is 0.500. The second-order valence-corrected chi connectivity index (χ2v) is 4.74. The van der Waals surface area contributed by atoms with E-state index in [1.54, 1.807) is 0 Å². The van der Waals surface area contributed by atoms with Gasteiger partial charge in [0.2, 0.25) is 5.91 Å². The van der Waals surface area contributed by atoms with Crippen LogP contribution in [-0.4, -0.2) is 23.9 Å². The van der Waals surface area contributed by atoms with Crippen molar-refractivity contribution in [1.82, 2.24) is 4.90 Å². The van der Waals surface area contributed by atoms with Crippen molar-refractivity contribution in [3.8, 4) is 0 Å². The monoisotopic (exact) mass is 319 g/mol. The summed E-state index contributed by atoms with van der Waals surface area (Å²) in [6.07, 6.45) is 1.53. The van der Waals surface area contributed by atoms with Gasteiger partial charge in [-0.15, -0.1) is 24.8 Å². The summed E-state index contributed by atoms with van der Waals surface area (Å²) in [5.41, 5.74) is 8.93. The Labute approximate surface area is 132 Å². The van der Waals surface area contributed by atoms with Gasteiger partial charge in [0.05, 0.1) is 0 Å². The first-order chi connectivity index (χ1) is 8.74. The molecule has 0 saturated carbocycles. The first-order valence-corrected chi connectivity index (χ1v) is 6.57. The van der Waals surface area contributed by atoms with E-state index in [0.717, 1.165) is 31.7 Å². The van der Waals surface area contributed by atoms with Crippen LogP contribution >= 0.6 is 24.8 Å². The van der Waals surface area contributed by atoms with Gasteiger partial charge in [-0.05, 0) is 30.2 Å². The van der Waals surface area contributed by atoms with E-state index >= 15 is 0 Å². The van der Waals surface area contributed by atoms with E-state index in [4.69, 9.17) is 5.73 Å². The number of rotatable bonds is 5.